The molecule has 0 aromatic heterocycles. The third-order valence-corrected chi connectivity index (χ3v) is 3.87. The van der Waals surface area contributed by atoms with Gasteiger partial charge < -0.3 is 13.8 Å². The summed E-state index contributed by atoms with van der Waals surface area (Å²) in [4.78, 5) is 10.5. The summed E-state index contributed by atoms with van der Waals surface area (Å²) in [6, 6.07) is 0. The van der Waals surface area contributed by atoms with Gasteiger partial charge in [-0.1, -0.05) is 6.92 Å². The highest BCUT2D eigenvalue weighted by Crippen LogP contribution is 2.47. The van der Waals surface area contributed by atoms with Gasteiger partial charge in [0.15, 0.2) is 0 Å². The van der Waals surface area contributed by atoms with Crippen LogP contribution in [0.4, 0.5) is 0 Å². The smallest absolute Gasteiger partial charge is 0.330 e. The molecule has 17 heavy (non-hydrogen) atoms. The van der Waals surface area contributed by atoms with Crippen LogP contribution in [0.15, 0.2) is 11.6 Å². The molecule has 100 valence electrons. The molecule has 6 heteroatoms. The minimum Gasteiger partial charge on any atom is -0.462 e. The maximum absolute atomic E-state index is 11.9. The number of rotatable bonds is 8. The van der Waals surface area contributed by atoms with Crippen LogP contribution >= 0.6 is 7.60 Å². The maximum Gasteiger partial charge on any atom is 0.330 e. The minimum atomic E-state index is -2.95. The summed E-state index contributed by atoms with van der Waals surface area (Å²) in [5.41, 5.74) is 0.847. The Morgan fingerprint density at radius 1 is 1.24 bits per heavy atom. The maximum atomic E-state index is 11.9. The van der Waals surface area contributed by atoms with E-state index in [2.05, 4.69) is 0 Å². The van der Waals surface area contributed by atoms with Gasteiger partial charge in [0.1, 0.15) is 6.61 Å². The Kier molecular flexibility index (Phi) is 8.13. The second-order valence-corrected chi connectivity index (χ2v) is 5.84. The molecule has 0 heterocycles. The molecule has 0 aromatic rings. The highest BCUT2D eigenvalue weighted by Gasteiger charge is 2.20. The monoisotopic (exact) mass is 264 g/mol. The van der Waals surface area contributed by atoms with Crippen molar-refractivity contribution in [2.45, 2.75) is 27.7 Å². The van der Waals surface area contributed by atoms with E-state index in [-0.39, 0.29) is 19.2 Å². The van der Waals surface area contributed by atoms with Gasteiger partial charge in [0.05, 0.1) is 13.2 Å². The van der Waals surface area contributed by atoms with Gasteiger partial charge >= 0.3 is 13.6 Å². The summed E-state index contributed by atoms with van der Waals surface area (Å²) in [7, 11) is -2.95. The summed E-state index contributed by atoms with van der Waals surface area (Å²) in [5.74, 6) is -0.330. The lowest BCUT2D eigenvalue weighted by atomic mass is 10.3. The average Bonchev–Trinajstić information content (AvgIpc) is 2.26. The van der Waals surface area contributed by atoms with Crippen LogP contribution in [0.3, 0.4) is 0 Å². The normalized spacial score (nSPS) is 15.4. The van der Waals surface area contributed by atoms with Gasteiger partial charge in [-0.3, -0.25) is 9.36 Å². The number of ether oxygens (including phenoxy) is 1. The third-order valence-electron chi connectivity index (χ3n) is 1.92. The Labute approximate surface area is 103 Å². The molecule has 0 aromatic carbocycles. The summed E-state index contributed by atoms with van der Waals surface area (Å²) >= 11 is 0. The first-order valence-electron chi connectivity index (χ1n) is 5.60. The predicted molar refractivity (Wildman–Crippen MR) is 66.1 cm³/mol. The molecule has 0 aliphatic heterocycles. The van der Waals surface area contributed by atoms with Crippen molar-refractivity contribution < 1.29 is 23.1 Å². The molecular formula is C11H21O5P. The van der Waals surface area contributed by atoms with E-state index < -0.39 is 7.60 Å². The van der Waals surface area contributed by atoms with Crippen LogP contribution in [0, 0.1) is 0 Å². The fraction of sp³-hybridized carbons (Fsp3) is 0.727. The number of carbonyl (C=O) groups is 1. The van der Waals surface area contributed by atoms with E-state index in [9.17, 15) is 9.36 Å². The first-order chi connectivity index (χ1) is 7.93. The largest absolute Gasteiger partial charge is 0.462 e. The summed E-state index contributed by atoms with van der Waals surface area (Å²) in [6.07, 6.45) is 2.06. The van der Waals surface area contributed by atoms with E-state index in [0.717, 1.165) is 5.57 Å². The van der Waals surface area contributed by atoms with Crippen LogP contribution in [-0.2, 0) is 23.1 Å². The van der Waals surface area contributed by atoms with E-state index in [1.807, 2.05) is 6.92 Å². The number of carbonyl (C=O) groups excluding carboxylic acids is 1. The zero-order valence-corrected chi connectivity index (χ0v) is 11.8. The molecule has 0 radical (unpaired) electrons. The van der Waals surface area contributed by atoms with Crippen molar-refractivity contribution in [2.24, 2.45) is 0 Å². The Balaban J connectivity index is 4.08. The molecule has 1 atom stereocenters. The van der Waals surface area contributed by atoms with Crippen LogP contribution in [0.2, 0.25) is 0 Å². The highest BCUT2D eigenvalue weighted by atomic mass is 31.2. The Morgan fingerprint density at radius 2 is 1.88 bits per heavy atom. The van der Waals surface area contributed by atoms with Gasteiger partial charge in [0.25, 0.3) is 0 Å². The van der Waals surface area contributed by atoms with Gasteiger partial charge in [-0.15, -0.1) is 0 Å². The van der Waals surface area contributed by atoms with Crippen molar-refractivity contribution in [1.82, 2.24) is 0 Å². The first-order valence-corrected chi connectivity index (χ1v) is 7.33. The summed E-state index contributed by atoms with van der Waals surface area (Å²) in [5, 5.41) is 0. The average molecular weight is 264 g/mol. The Bertz CT molecular complexity index is 311. The molecule has 1 unspecified atom stereocenters. The molecular weight excluding hydrogens is 243 g/mol. The number of esters is 1. The molecule has 0 spiro atoms. The zero-order chi connectivity index (χ0) is 13.3. The van der Waals surface area contributed by atoms with E-state index in [1.54, 1.807) is 19.9 Å². The third kappa shape index (κ3) is 8.13. The Hall–Kier alpha value is -0.640. The molecule has 0 N–H and O–H groups in total. The van der Waals surface area contributed by atoms with Crippen molar-refractivity contribution in [1.29, 1.82) is 0 Å². The molecule has 0 amide bonds. The van der Waals surface area contributed by atoms with E-state index >= 15 is 0 Å². The second kappa shape index (κ2) is 8.45. The fourth-order valence-electron chi connectivity index (χ4n) is 0.977. The van der Waals surface area contributed by atoms with Gasteiger partial charge in [0, 0.05) is 13.1 Å². The van der Waals surface area contributed by atoms with Crippen molar-refractivity contribution in [2.75, 3.05) is 26.0 Å². The van der Waals surface area contributed by atoms with E-state index in [1.165, 1.54) is 6.92 Å². The van der Waals surface area contributed by atoms with E-state index in [4.69, 9.17) is 13.8 Å². The highest BCUT2D eigenvalue weighted by molar-refractivity contribution is 7.53. The standard InChI is InChI=1S/C11H21O5P/c1-5-15-17(13,6-2)16-9-10(3)7-8-14-11(4)12/h7H,5-6,8-9H2,1-4H3. The predicted octanol–water partition coefficient (Wildman–Crippen LogP) is 2.76. The lowest BCUT2D eigenvalue weighted by Gasteiger charge is -2.16. The first kappa shape index (κ1) is 16.4. The minimum absolute atomic E-state index is 0.204. The van der Waals surface area contributed by atoms with Gasteiger partial charge in [-0.05, 0) is 25.5 Å². The van der Waals surface area contributed by atoms with Crippen LogP contribution in [0.1, 0.15) is 27.7 Å². The summed E-state index contributed by atoms with van der Waals surface area (Å²) in [6.45, 7) is 7.47. The van der Waals surface area contributed by atoms with Crippen molar-refractivity contribution in [3.8, 4) is 0 Å². The molecule has 0 fully saturated rings. The molecule has 0 saturated heterocycles. The second-order valence-electron chi connectivity index (χ2n) is 3.47. The molecule has 0 rings (SSSR count). The molecule has 5 nitrogen and oxygen atoms in total. The SMILES string of the molecule is CCOP(=O)(CC)OCC(C)=CCOC(C)=O. The van der Waals surface area contributed by atoms with Gasteiger partial charge in [-0.25, -0.2) is 0 Å². The lowest BCUT2D eigenvalue weighted by Crippen LogP contribution is -2.02. The summed E-state index contributed by atoms with van der Waals surface area (Å²) < 4.78 is 27.0. The van der Waals surface area contributed by atoms with Crippen LogP contribution in [-0.4, -0.2) is 32.0 Å². The zero-order valence-electron chi connectivity index (χ0n) is 10.9. The Morgan fingerprint density at radius 3 is 2.35 bits per heavy atom. The molecule has 0 aliphatic carbocycles. The van der Waals surface area contributed by atoms with Crippen molar-refractivity contribution >= 4 is 13.6 Å². The van der Waals surface area contributed by atoms with E-state index in [0.29, 0.717) is 12.8 Å². The lowest BCUT2D eigenvalue weighted by molar-refractivity contribution is -0.139. The quantitative estimate of drug-likeness (QED) is 0.383. The molecule has 0 bridgehead atoms. The number of hydrogen-bond donors (Lipinski definition) is 0. The van der Waals surface area contributed by atoms with Gasteiger partial charge in [-0.2, -0.15) is 0 Å². The van der Waals surface area contributed by atoms with Crippen LogP contribution < -0.4 is 0 Å². The number of hydrogen-bond acceptors (Lipinski definition) is 5. The van der Waals surface area contributed by atoms with Crippen molar-refractivity contribution in [3.63, 3.8) is 0 Å². The van der Waals surface area contributed by atoms with Gasteiger partial charge in [0.2, 0.25) is 0 Å². The van der Waals surface area contributed by atoms with Crippen LogP contribution in [0.25, 0.3) is 0 Å². The molecule has 0 aliphatic rings. The van der Waals surface area contributed by atoms with Crippen LogP contribution in [0.5, 0.6) is 0 Å². The van der Waals surface area contributed by atoms with Crippen molar-refractivity contribution in [3.05, 3.63) is 11.6 Å². The molecule has 0 saturated carbocycles. The fourth-order valence-corrected chi connectivity index (χ4v) is 2.21. The topological polar surface area (TPSA) is 61.8 Å².